The van der Waals surface area contributed by atoms with Crippen molar-refractivity contribution in [1.82, 2.24) is 9.61 Å². The third kappa shape index (κ3) is 3.66. The lowest BCUT2D eigenvalue weighted by atomic mass is 10.1. The fourth-order valence-corrected chi connectivity index (χ4v) is 3.78. The smallest absolute Gasteiger partial charge is 0.131 e. The maximum absolute atomic E-state index is 5.65. The van der Waals surface area contributed by atoms with E-state index in [1.54, 1.807) is 14.2 Å². The SMILES string of the molecule is CCCN(CCC)c1c(CC)nn2c(-c3ccc(OC)cc3OC)cccc12. The van der Waals surface area contributed by atoms with Gasteiger partial charge in [-0.05, 0) is 43.5 Å². The van der Waals surface area contributed by atoms with E-state index in [2.05, 4.69) is 48.4 Å². The van der Waals surface area contributed by atoms with Crippen LogP contribution in [0.5, 0.6) is 11.5 Å². The standard InChI is InChI=1S/C23H31N3O2/c1-6-14-25(15-7-2)23-19(8-3)24-26-20(10-9-11-21(23)26)18-13-12-17(27-4)16-22(18)28-5/h9-13,16H,6-8,14-15H2,1-5H3. The molecule has 1 aromatic carbocycles. The number of benzene rings is 1. The highest BCUT2D eigenvalue weighted by Crippen LogP contribution is 2.36. The predicted molar refractivity (Wildman–Crippen MR) is 116 cm³/mol. The summed E-state index contributed by atoms with van der Waals surface area (Å²) < 4.78 is 13.1. The van der Waals surface area contributed by atoms with E-state index >= 15 is 0 Å². The first-order chi connectivity index (χ1) is 13.7. The highest BCUT2D eigenvalue weighted by molar-refractivity contribution is 5.80. The van der Waals surface area contributed by atoms with Crippen LogP contribution in [0.2, 0.25) is 0 Å². The van der Waals surface area contributed by atoms with Gasteiger partial charge in [-0.2, -0.15) is 5.10 Å². The summed E-state index contributed by atoms with van der Waals surface area (Å²) in [4.78, 5) is 2.48. The fraction of sp³-hybridized carbons (Fsp3) is 0.435. The van der Waals surface area contributed by atoms with Crippen molar-refractivity contribution in [2.75, 3.05) is 32.2 Å². The molecule has 28 heavy (non-hydrogen) atoms. The second kappa shape index (κ2) is 9.00. The molecule has 2 heterocycles. The second-order valence-electron chi connectivity index (χ2n) is 6.91. The number of methoxy groups -OCH3 is 2. The minimum absolute atomic E-state index is 0.778. The molecule has 0 unspecified atom stereocenters. The van der Waals surface area contributed by atoms with Crippen LogP contribution in [-0.4, -0.2) is 36.9 Å². The van der Waals surface area contributed by atoms with Gasteiger partial charge in [0.2, 0.25) is 0 Å². The molecule has 0 saturated heterocycles. The Morgan fingerprint density at radius 3 is 2.32 bits per heavy atom. The van der Waals surface area contributed by atoms with Gasteiger partial charge in [0, 0.05) is 24.7 Å². The van der Waals surface area contributed by atoms with Crippen LogP contribution in [0.15, 0.2) is 36.4 Å². The van der Waals surface area contributed by atoms with Crippen LogP contribution < -0.4 is 14.4 Å². The number of nitrogens with zero attached hydrogens (tertiary/aromatic N) is 3. The summed E-state index contributed by atoms with van der Waals surface area (Å²) in [6, 6.07) is 12.3. The zero-order valence-electron chi connectivity index (χ0n) is 17.7. The Labute approximate surface area is 167 Å². The minimum atomic E-state index is 0.778. The first-order valence-electron chi connectivity index (χ1n) is 10.2. The topological polar surface area (TPSA) is 39.0 Å². The van der Waals surface area contributed by atoms with E-state index in [0.29, 0.717) is 0 Å². The molecule has 0 aliphatic heterocycles. The molecule has 0 spiro atoms. The van der Waals surface area contributed by atoms with Crippen LogP contribution in [0.4, 0.5) is 5.69 Å². The van der Waals surface area contributed by atoms with Crippen molar-refractivity contribution in [2.45, 2.75) is 40.0 Å². The Kier molecular flexibility index (Phi) is 6.45. The number of aryl methyl sites for hydroxylation is 1. The largest absolute Gasteiger partial charge is 0.497 e. The molecule has 0 N–H and O–H groups in total. The molecule has 5 nitrogen and oxygen atoms in total. The number of aromatic nitrogens is 2. The molecule has 150 valence electrons. The average molecular weight is 382 g/mol. The first-order valence-corrected chi connectivity index (χ1v) is 10.2. The Hall–Kier alpha value is -2.69. The summed E-state index contributed by atoms with van der Waals surface area (Å²) in [5, 5.41) is 5.00. The Morgan fingerprint density at radius 2 is 1.71 bits per heavy atom. The van der Waals surface area contributed by atoms with Gasteiger partial charge in [-0.25, -0.2) is 4.52 Å². The van der Waals surface area contributed by atoms with Crippen molar-refractivity contribution in [3.8, 4) is 22.8 Å². The van der Waals surface area contributed by atoms with Gasteiger partial charge in [-0.15, -0.1) is 0 Å². The van der Waals surface area contributed by atoms with Crippen molar-refractivity contribution in [1.29, 1.82) is 0 Å². The molecule has 5 heteroatoms. The minimum Gasteiger partial charge on any atom is -0.497 e. The molecule has 0 fully saturated rings. The molecule has 3 aromatic rings. The van der Waals surface area contributed by atoms with E-state index in [1.807, 2.05) is 18.2 Å². The number of anilines is 1. The molecule has 0 radical (unpaired) electrons. The zero-order chi connectivity index (χ0) is 20.1. The van der Waals surface area contributed by atoms with Gasteiger partial charge in [-0.3, -0.25) is 0 Å². The van der Waals surface area contributed by atoms with Crippen LogP contribution in [0.1, 0.15) is 39.3 Å². The van der Waals surface area contributed by atoms with Crippen LogP contribution in [0.3, 0.4) is 0 Å². The summed E-state index contributed by atoms with van der Waals surface area (Å²) in [5.74, 6) is 1.56. The number of hydrogen-bond donors (Lipinski definition) is 0. The molecule has 0 bridgehead atoms. The van der Waals surface area contributed by atoms with E-state index in [0.717, 1.165) is 66.3 Å². The third-order valence-electron chi connectivity index (χ3n) is 5.02. The van der Waals surface area contributed by atoms with Crippen molar-refractivity contribution in [2.24, 2.45) is 0 Å². The second-order valence-corrected chi connectivity index (χ2v) is 6.91. The average Bonchev–Trinajstić information content (AvgIpc) is 3.11. The Balaban J connectivity index is 2.22. The number of ether oxygens (including phenoxy) is 2. The first kappa shape index (κ1) is 20.1. The Bertz CT molecular complexity index is 927. The van der Waals surface area contributed by atoms with Crippen LogP contribution in [-0.2, 0) is 6.42 Å². The van der Waals surface area contributed by atoms with Gasteiger partial charge in [0.25, 0.3) is 0 Å². The maximum Gasteiger partial charge on any atom is 0.131 e. The van der Waals surface area contributed by atoms with Gasteiger partial charge in [0.05, 0.1) is 36.8 Å². The maximum atomic E-state index is 5.65. The quantitative estimate of drug-likeness (QED) is 0.510. The number of pyridine rings is 1. The van der Waals surface area contributed by atoms with Crippen LogP contribution in [0, 0.1) is 0 Å². The van der Waals surface area contributed by atoms with Crippen molar-refractivity contribution < 1.29 is 9.47 Å². The summed E-state index contributed by atoms with van der Waals surface area (Å²) in [6.45, 7) is 8.72. The van der Waals surface area contributed by atoms with E-state index in [-0.39, 0.29) is 0 Å². The van der Waals surface area contributed by atoms with Gasteiger partial charge in [0.1, 0.15) is 11.5 Å². The lowest BCUT2D eigenvalue weighted by Gasteiger charge is -2.24. The number of hydrogen-bond acceptors (Lipinski definition) is 4. The molecular weight excluding hydrogens is 350 g/mol. The molecule has 0 saturated carbocycles. The summed E-state index contributed by atoms with van der Waals surface area (Å²) in [6.07, 6.45) is 3.14. The molecule has 0 aliphatic rings. The summed E-state index contributed by atoms with van der Waals surface area (Å²) >= 11 is 0. The van der Waals surface area contributed by atoms with Crippen molar-refractivity contribution in [3.05, 3.63) is 42.1 Å². The highest BCUT2D eigenvalue weighted by atomic mass is 16.5. The number of fused-ring (bicyclic) bond motifs is 1. The monoisotopic (exact) mass is 381 g/mol. The van der Waals surface area contributed by atoms with E-state index in [1.165, 1.54) is 5.69 Å². The third-order valence-corrected chi connectivity index (χ3v) is 5.02. The molecular formula is C23H31N3O2. The van der Waals surface area contributed by atoms with Gasteiger partial charge >= 0.3 is 0 Å². The van der Waals surface area contributed by atoms with Crippen LogP contribution >= 0.6 is 0 Å². The highest BCUT2D eigenvalue weighted by Gasteiger charge is 2.20. The van der Waals surface area contributed by atoms with Crippen molar-refractivity contribution >= 4 is 11.2 Å². The normalized spacial score (nSPS) is 11.0. The lowest BCUT2D eigenvalue weighted by Crippen LogP contribution is -2.25. The predicted octanol–water partition coefficient (Wildman–Crippen LogP) is 5.21. The van der Waals surface area contributed by atoms with E-state index in [4.69, 9.17) is 14.6 Å². The number of rotatable bonds is 9. The van der Waals surface area contributed by atoms with Gasteiger partial charge < -0.3 is 14.4 Å². The molecule has 3 rings (SSSR count). The summed E-state index contributed by atoms with van der Waals surface area (Å²) in [5.41, 5.74) is 5.57. The van der Waals surface area contributed by atoms with Gasteiger partial charge in [-0.1, -0.05) is 26.8 Å². The lowest BCUT2D eigenvalue weighted by molar-refractivity contribution is 0.395. The Morgan fingerprint density at radius 1 is 0.964 bits per heavy atom. The fourth-order valence-electron chi connectivity index (χ4n) is 3.78. The molecule has 0 amide bonds. The summed E-state index contributed by atoms with van der Waals surface area (Å²) in [7, 11) is 3.35. The molecule has 0 aliphatic carbocycles. The van der Waals surface area contributed by atoms with E-state index < -0.39 is 0 Å². The zero-order valence-corrected chi connectivity index (χ0v) is 17.7. The van der Waals surface area contributed by atoms with Crippen LogP contribution in [0.25, 0.3) is 16.8 Å². The molecule has 2 aromatic heterocycles. The van der Waals surface area contributed by atoms with Crippen molar-refractivity contribution in [3.63, 3.8) is 0 Å². The molecule has 0 atom stereocenters. The van der Waals surface area contributed by atoms with E-state index in [9.17, 15) is 0 Å². The van der Waals surface area contributed by atoms with Gasteiger partial charge in [0.15, 0.2) is 0 Å².